The molecule has 1 saturated heterocycles. The second-order valence-electron chi connectivity index (χ2n) is 8.91. The van der Waals surface area contributed by atoms with Gasteiger partial charge in [0.25, 0.3) is 0 Å². The van der Waals surface area contributed by atoms with Crippen LogP contribution in [0.25, 0.3) is 0 Å². The third-order valence-corrected chi connectivity index (χ3v) is 6.06. The number of piperidine rings is 1. The summed E-state index contributed by atoms with van der Waals surface area (Å²) in [5.74, 6) is 0.808. The molecule has 0 spiro atoms. The number of carbonyl (C=O) groups excluding carboxylic acids is 1. The normalized spacial score (nSPS) is 24.3. The number of halogens is 1. The highest BCUT2D eigenvalue weighted by molar-refractivity contribution is 5.83. The van der Waals surface area contributed by atoms with E-state index < -0.39 is 0 Å². The Labute approximate surface area is 173 Å². The number of nitrogens with zero attached hydrogens (tertiary/aromatic N) is 1. The molecule has 0 aromatic heterocycles. The number of hydrogen-bond acceptors (Lipinski definition) is 3. The lowest BCUT2D eigenvalue weighted by molar-refractivity contribution is -0.142. The van der Waals surface area contributed by atoms with E-state index in [1.807, 2.05) is 29.2 Å². The predicted octanol–water partition coefficient (Wildman–Crippen LogP) is 5.05. The molecule has 0 N–H and O–H groups in total. The van der Waals surface area contributed by atoms with Gasteiger partial charge in [0.05, 0.1) is 31.6 Å². The molecular weight excluding hydrogens is 369 g/mol. The van der Waals surface area contributed by atoms with E-state index in [0.717, 1.165) is 24.2 Å². The summed E-state index contributed by atoms with van der Waals surface area (Å²) in [7, 11) is 1.65. The van der Waals surface area contributed by atoms with Gasteiger partial charge in [0, 0.05) is 12.6 Å². The van der Waals surface area contributed by atoms with E-state index >= 15 is 0 Å². The monoisotopic (exact) mass is 401 g/mol. The number of likely N-dealkylation sites (tertiary alicyclic amines) is 1. The first-order valence-corrected chi connectivity index (χ1v) is 10.3. The molecule has 158 valence electrons. The van der Waals surface area contributed by atoms with E-state index in [9.17, 15) is 9.18 Å². The minimum atomic E-state index is -0.155. The van der Waals surface area contributed by atoms with Crippen LogP contribution in [0.4, 0.5) is 4.39 Å². The van der Waals surface area contributed by atoms with Gasteiger partial charge in [-0.1, -0.05) is 38.6 Å². The number of rotatable bonds is 10. The highest BCUT2D eigenvalue weighted by Gasteiger charge is 2.51. The van der Waals surface area contributed by atoms with Crippen molar-refractivity contribution >= 4 is 5.91 Å². The summed E-state index contributed by atoms with van der Waals surface area (Å²) in [5.41, 5.74) is 0.972. The fourth-order valence-corrected chi connectivity index (χ4v) is 4.27. The number of methoxy groups -OCH3 is 1. The first-order chi connectivity index (χ1) is 13.8. The number of fused-ring (bicyclic) bond motifs is 2. The molecule has 1 aromatic rings. The van der Waals surface area contributed by atoms with Crippen LogP contribution in [0.3, 0.4) is 0 Å². The molecule has 3 atom stereocenters. The molecule has 1 aliphatic carbocycles. The van der Waals surface area contributed by atoms with Crippen LogP contribution >= 0.6 is 0 Å². The van der Waals surface area contributed by atoms with Crippen molar-refractivity contribution in [1.29, 1.82) is 0 Å². The maximum atomic E-state index is 13.6. The van der Waals surface area contributed by atoms with Crippen LogP contribution < -0.4 is 4.74 Å². The van der Waals surface area contributed by atoms with Gasteiger partial charge in [0.2, 0.25) is 5.91 Å². The maximum Gasteiger partial charge on any atom is 0.228 e. The van der Waals surface area contributed by atoms with E-state index in [-0.39, 0.29) is 35.2 Å². The number of ether oxygens (including phenoxy) is 2. The Bertz CT molecular complexity index is 756. The highest BCUT2D eigenvalue weighted by Crippen LogP contribution is 2.42. The van der Waals surface area contributed by atoms with Crippen molar-refractivity contribution in [2.24, 2.45) is 11.3 Å². The third kappa shape index (κ3) is 5.27. The first-order valence-electron chi connectivity index (χ1n) is 10.3. The van der Waals surface area contributed by atoms with Crippen LogP contribution in [-0.2, 0) is 16.1 Å². The van der Waals surface area contributed by atoms with Gasteiger partial charge in [0.1, 0.15) is 5.75 Å². The Balaban J connectivity index is 1.50. The minimum absolute atomic E-state index is 0.0209. The Kier molecular flexibility index (Phi) is 6.78. The average molecular weight is 402 g/mol. The van der Waals surface area contributed by atoms with Crippen molar-refractivity contribution in [2.45, 2.75) is 58.2 Å². The summed E-state index contributed by atoms with van der Waals surface area (Å²) in [6, 6.07) is 8.11. The topological polar surface area (TPSA) is 38.8 Å². The van der Waals surface area contributed by atoms with Crippen molar-refractivity contribution in [3.63, 3.8) is 0 Å². The highest BCUT2D eigenvalue weighted by atomic mass is 19.1. The quantitative estimate of drug-likeness (QED) is 0.515. The minimum Gasteiger partial charge on any atom is -0.497 e. The van der Waals surface area contributed by atoms with E-state index in [4.69, 9.17) is 9.47 Å². The largest absolute Gasteiger partial charge is 0.497 e. The summed E-state index contributed by atoms with van der Waals surface area (Å²) in [6.07, 6.45) is 5.69. The Hall–Kier alpha value is -2.14. The molecule has 1 heterocycles. The van der Waals surface area contributed by atoms with Crippen LogP contribution in [-0.4, -0.2) is 36.7 Å². The van der Waals surface area contributed by atoms with E-state index in [1.165, 1.54) is 12.2 Å². The standard InChI is InChI=1S/C24H32FNO3/c1-5-6-18(25)11-12-24(2,3)16-29-22-14-19-13-21(22)23(27)26(19)15-17-7-9-20(28-4)10-8-17/h5-10,19,21-22H,1,11-16H2,2-4H3/b18-6+/t19-,21+,22+/m0/s1. The lowest BCUT2D eigenvalue weighted by atomic mass is 9.88. The van der Waals surface area contributed by atoms with Gasteiger partial charge in [-0.25, -0.2) is 4.39 Å². The third-order valence-electron chi connectivity index (χ3n) is 6.06. The molecule has 1 saturated carbocycles. The smallest absolute Gasteiger partial charge is 0.228 e. The van der Waals surface area contributed by atoms with E-state index in [0.29, 0.717) is 26.0 Å². The molecule has 0 unspecified atom stereocenters. The molecule has 1 aliphatic heterocycles. The summed E-state index contributed by atoms with van der Waals surface area (Å²) >= 11 is 0. The molecule has 29 heavy (non-hydrogen) atoms. The molecule has 0 radical (unpaired) electrons. The van der Waals surface area contributed by atoms with Crippen molar-refractivity contribution in [3.05, 3.63) is 54.4 Å². The molecule has 4 nitrogen and oxygen atoms in total. The number of benzene rings is 1. The van der Waals surface area contributed by atoms with Crippen LogP contribution in [0.15, 0.2) is 48.8 Å². The van der Waals surface area contributed by atoms with Gasteiger partial charge in [0.15, 0.2) is 0 Å². The molecule has 1 aromatic carbocycles. The number of carbonyl (C=O) groups is 1. The van der Waals surface area contributed by atoms with Gasteiger partial charge in [-0.15, -0.1) is 0 Å². The predicted molar refractivity (Wildman–Crippen MR) is 112 cm³/mol. The molecule has 3 rings (SSSR count). The fourth-order valence-electron chi connectivity index (χ4n) is 4.27. The van der Waals surface area contributed by atoms with Gasteiger partial charge in [-0.2, -0.15) is 0 Å². The summed E-state index contributed by atoms with van der Waals surface area (Å²) in [4.78, 5) is 14.9. The maximum absolute atomic E-state index is 13.6. The molecule has 2 fully saturated rings. The number of allylic oxidation sites excluding steroid dienone is 3. The molecule has 5 heteroatoms. The zero-order chi connectivity index (χ0) is 21.0. The van der Waals surface area contributed by atoms with Gasteiger partial charge in [-0.3, -0.25) is 4.79 Å². The van der Waals surface area contributed by atoms with E-state index in [2.05, 4.69) is 20.4 Å². The zero-order valence-corrected chi connectivity index (χ0v) is 17.7. The molecule has 2 bridgehead atoms. The zero-order valence-electron chi connectivity index (χ0n) is 17.7. The Morgan fingerprint density at radius 3 is 2.66 bits per heavy atom. The summed E-state index contributed by atoms with van der Waals surface area (Å²) < 4.78 is 25.0. The molecule has 2 aliphatic rings. The molecular formula is C24H32FNO3. The van der Waals surface area contributed by atoms with Gasteiger partial charge < -0.3 is 14.4 Å². The second kappa shape index (κ2) is 9.12. The van der Waals surface area contributed by atoms with Crippen LogP contribution in [0.1, 0.15) is 45.1 Å². The SMILES string of the molecule is C=C/C=C(/F)CCC(C)(C)CO[C@@H]1C[C@@H]2C[C@H]1C(=O)N2Cc1ccc(OC)cc1. The number of amides is 1. The Morgan fingerprint density at radius 1 is 1.31 bits per heavy atom. The van der Waals surface area contributed by atoms with Crippen LogP contribution in [0.5, 0.6) is 5.75 Å². The lowest BCUT2D eigenvalue weighted by Crippen LogP contribution is -2.43. The average Bonchev–Trinajstić information content (AvgIpc) is 3.25. The fraction of sp³-hybridized carbons (Fsp3) is 0.542. The Morgan fingerprint density at radius 2 is 2.03 bits per heavy atom. The first kappa shape index (κ1) is 21.6. The van der Waals surface area contributed by atoms with Crippen LogP contribution in [0.2, 0.25) is 0 Å². The number of hydrogen-bond donors (Lipinski definition) is 0. The van der Waals surface area contributed by atoms with Crippen molar-refractivity contribution in [2.75, 3.05) is 13.7 Å². The summed E-state index contributed by atoms with van der Waals surface area (Å²) in [5, 5.41) is 0. The van der Waals surface area contributed by atoms with E-state index in [1.54, 1.807) is 7.11 Å². The molecule has 1 amide bonds. The van der Waals surface area contributed by atoms with Gasteiger partial charge in [-0.05, 0) is 54.9 Å². The lowest BCUT2D eigenvalue weighted by Gasteiger charge is -2.33. The van der Waals surface area contributed by atoms with Crippen molar-refractivity contribution < 1.29 is 18.7 Å². The second-order valence-corrected chi connectivity index (χ2v) is 8.91. The van der Waals surface area contributed by atoms with Crippen molar-refractivity contribution in [1.82, 2.24) is 4.90 Å². The van der Waals surface area contributed by atoms with Gasteiger partial charge >= 0.3 is 0 Å². The summed E-state index contributed by atoms with van der Waals surface area (Å²) in [6.45, 7) is 8.86. The van der Waals surface area contributed by atoms with Crippen molar-refractivity contribution in [3.8, 4) is 5.75 Å². The van der Waals surface area contributed by atoms with Crippen LogP contribution in [0, 0.1) is 11.3 Å².